The van der Waals surface area contributed by atoms with E-state index in [2.05, 4.69) is 15.5 Å². The Labute approximate surface area is 148 Å². The number of nitrogens with one attached hydrogen (secondary N) is 2. The summed E-state index contributed by atoms with van der Waals surface area (Å²) >= 11 is 0. The summed E-state index contributed by atoms with van der Waals surface area (Å²) in [6, 6.07) is 13.2. The number of carbonyl (C=O) groups excluding carboxylic acids is 1. The second kappa shape index (κ2) is 5.80. The van der Waals surface area contributed by atoms with E-state index in [4.69, 9.17) is 14.2 Å². The molecule has 2 N–H and O–H groups in total. The number of amides is 1. The van der Waals surface area contributed by atoms with E-state index in [0.717, 1.165) is 22.4 Å². The van der Waals surface area contributed by atoms with Crippen LogP contribution in [0.15, 0.2) is 48.7 Å². The molecular formula is C19H15N3O4. The smallest absolute Gasteiger partial charge is 0.236 e. The zero-order valence-electron chi connectivity index (χ0n) is 13.7. The largest absolute Gasteiger partial charge is 0.492 e. The summed E-state index contributed by atoms with van der Waals surface area (Å²) in [4.78, 5) is 12.8. The van der Waals surface area contributed by atoms with Crippen LogP contribution >= 0.6 is 0 Å². The van der Waals surface area contributed by atoms with E-state index >= 15 is 0 Å². The molecule has 0 fully saturated rings. The van der Waals surface area contributed by atoms with Gasteiger partial charge in [0.05, 0.1) is 6.20 Å². The fraction of sp³-hybridized carbons (Fsp3) is 0.158. The van der Waals surface area contributed by atoms with Gasteiger partial charge >= 0.3 is 0 Å². The van der Waals surface area contributed by atoms with Crippen LogP contribution in [-0.4, -0.2) is 29.5 Å². The molecule has 0 saturated heterocycles. The zero-order valence-corrected chi connectivity index (χ0v) is 13.7. The lowest BCUT2D eigenvalue weighted by atomic mass is 10.0. The van der Waals surface area contributed by atoms with Crippen LogP contribution in [0, 0.1) is 0 Å². The highest BCUT2D eigenvalue weighted by atomic mass is 16.7. The Bertz CT molecular complexity index is 998. The van der Waals surface area contributed by atoms with E-state index in [-0.39, 0.29) is 18.6 Å². The number of H-pyrrole nitrogens is 1. The molecule has 3 aromatic rings. The van der Waals surface area contributed by atoms with Crippen molar-refractivity contribution in [2.75, 3.05) is 18.7 Å². The third-order valence-electron chi connectivity index (χ3n) is 4.59. The lowest BCUT2D eigenvalue weighted by molar-refractivity contribution is -0.117. The highest BCUT2D eigenvalue weighted by molar-refractivity contribution is 5.99. The minimum absolute atomic E-state index is 0.138. The Kier molecular flexibility index (Phi) is 3.31. The molecule has 3 heterocycles. The molecule has 26 heavy (non-hydrogen) atoms. The average molecular weight is 349 g/mol. The predicted molar refractivity (Wildman–Crippen MR) is 93.5 cm³/mol. The number of anilines is 1. The second-order valence-corrected chi connectivity index (χ2v) is 6.12. The number of ether oxygens (including phenoxy) is 3. The number of para-hydroxylation sites is 1. The number of nitrogens with zero attached hydrogens (tertiary/aromatic N) is 1. The van der Waals surface area contributed by atoms with Crippen LogP contribution in [0.5, 0.6) is 17.2 Å². The predicted octanol–water partition coefficient (Wildman–Crippen LogP) is 2.92. The fourth-order valence-electron chi connectivity index (χ4n) is 3.25. The fourth-order valence-corrected chi connectivity index (χ4v) is 3.25. The highest BCUT2D eigenvalue weighted by Gasteiger charge is 2.30. The standard InChI is InChI=1S/C19H15N3O4/c23-19(14-9-24-15-4-2-1-3-12(14)15)21-18-13(8-20-22-18)11-5-6-16-17(7-11)26-10-25-16/h1-8,14H,9-10H2,(H2,20,21,22,23)/t14-/m1/s1. The van der Waals surface area contributed by atoms with Crippen molar-refractivity contribution in [3.05, 3.63) is 54.2 Å². The molecule has 2 aliphatic rings. The summed E-state index contributed by atoms with van der Waals surface area (Å²) in [6.45, 7) is 0.549. The summed E-state index contributed by atoms with van der Waals surface area (Å²) < 4.78 is 16.4. The topological polar surface area (TPSA) is 85.5 Å². The van der Waals surface area contributed by atoms with E-state index in [9.17, 15) is 4.79 Å². The van der Waals surface area contributed by atoms with Crippen LogP contribution in [-0.2, 0) is 4.79 Å². The minimum atomic E-state index is -0.348. The lowest BCUT2D eigenvalue weighted by Gasteiger charge is -2.10. The summed E-state index contributed by atoms with van der Waals surface area (Å²) in [5.74, 6) is 2.20. The zero-order chi connectivity index (χ0) is 17.5. The molecule has 1 amide bonds. The van der Waals surface area contributed by atoms with Crippen molar-refractivity contribution >= 4 is 11.7 Å². The van der Waals surface area contributed by atoms with Crippen LogP contribution in [0.1, 0.15) is 11.5 Å². The van der Waals surface area contributed by atoms with E-state index in [1.54, 1.807) is 6.20 Å². The van der Waals surface area contributed by atoms with Crippen molar-refractivity contribution in [2.45, 2.75) is 5.92 Å². The van der Waals surface area contributed by atoms with Crippen molar-refractivity contribution in [3.63, 3.8) is 0 Å². The van der Waals surface area contributed by atoms with E-state index < -0.39 is 0 Å². The molecule has 1 aromatic heterocycles. The normalized spacial score (nSPS) is 16.8. The van der Waals surface area contributed by atoms with Gasteiger partial charge in [0.2, 0.25) is 12.7 Å². The number of aromatic amines is 1. The molecular weight excluding hydrogens is 334 g/mol. The highest BCUT2D eigenvalue weighted by Crippen LogP contribution is 2.38. The van der Waals surface area contributed by atoms with E-state index in [1.807, 2.05) is 42.5 Å². The summed E-state index contributed by atoms with van der Waals surface area (Å²) in [6.07, 6.45) is 1.67. The van der Waals surface area contributed by atoms with Gasteiger partial charge in [-0.3, -0.25) is 9.89 Å². The van der Waals surface area contributed by atoms with Crippen molar-refractivity contribution in [1.82, 2.24) is 10.2 Å². The summed E-state index contributed by atoms with van der Waals surface area (Å²) in [5.41, 5.74) is 2.55. The Hall–Kier alpha value is -3.48. The first-order valence-electron chi connectivity index (χ1n) is 8.25. The molecule has 0 spiro atoms. The Morgan fingerprint density at radius 2 is 1.96 bits per heavy atom. The number of aromatic nitrogens is 2. The maximum Gasteiger partial charge on any atom is 0.236 e. The molecule has 130 valence electrons. The van der Waals surface area contributed by atoms with E-state index in [0.29, 0.717) is 23.9 Å². The molecule has 7 heteroatoms. The van der Waals surface area contributed by atoms with Gasteiger partial charge in [0.25, 0.3) is 0 Å². The third-order valence-corrected chi connectivity index (χ3v) is 4.59. The van der Waals surface area contributed by atoms with Gasteiger partial charge in [-0.15, -0.1) is 0 Å². The third kappa shape index (κ3) is 2.36. The van der Waals surface area contributed by atoms with Crippen LogP contribution < -0.4 is 19.5 Å². The lowest BCUT2D eigenvalue weighted by Crippen LogP contribution is -2.22. The van der Waals surface area contributed by atoms with Gasteiger partial charge < -0.3 is 19.5 Å². The van der Waals surface area contributed by atoms with Crippen molar-refractivity contribution < 1.29 is 19.0 Å². The van der Waals surface area contributed by atoms with Gasteiger partial charge in [-0.25, -0.2) is 0 Å². The quantitative estimate of drug-likeness (QED) is 0.759. The molecule has 0 radical (unpaired) electrons. The number of hydrogen-bond donors (Lipinski definition) is 2. The number of fused-ring (bicyclic) bond motifs is 2. The summed E-state index contributed by atoms with van der Waals surface area (Å²) in [5, 5.41) is 9.86. The maximum absolute atomic E-state index is 12.8. The molecule has 2 aliphatic heterocycles. The SMILES string of the molecule is O=C(Nc1[nH]ncc1-c1ccc2c(c1)OCO2)[C@@H]1COc2ccccc21. The molecule has 5 rings (SSSR count). The monoisotopic (exact) mass is 349 g/mol. The summed E-state index contributed by atoms with van der Waals surface area (Å²) in [7, 11) is 0. The van der Waals surface area contributed by atoms with Gasteiger partial charge in [0, 0.05) is 11.1 Å². The van der Waals surface area contributed by atoms with Gasteiger partial charge in [0.1, 0.15) is 24.1 Å². The molecule has 0 saturated carbocycles. The molecule has 0 unspecified atom stereocenters. The molecule has 0 aliphatic carbocycles. The number of hydrogen-bond acceptors (Lipinski definition) is 5. The Morgan fingerprint density at radius 1 is 1.08 bits per heavy atom. The van der Waals surface area contributed by atoms with Crippen molar-refractivity contribution in [3.8, 4) is 28.4 Å². The van der Waals surface area contributed by atoms with Crippen LogP contribution in [0.2, 0.25) is 0 Å². The van der Waals surface area contributed by atoms with Crippen LogP contribution in [0.3, 0.4) is 0 Å². The number of benzene rings is 2. The van der Waals surface area contributed by atoms with Crippen LogP contribution in [0.25, 0.3) is 11.1 Å². The molecule has 0 bridgehead atoms. The first kappa shape index (κ1) is 14.8. The minimum Gasteiger partial charge on any atom is -0.492 e. The van der Waals surface area contributed by atoms with Crippen LogP contribution in [0.4, 0.5) is 5.82 Å². The second-order valence-electron chi connectivity index (χ2n) is 6.12. The van der Waals surface area contributed by atoms with E-state index in [1.165, 1.54) is 0 Å². The average Bonchev–Trinajstić information content (AvgIpc) is 3.39. The van der Waals surface area contributed by atoms with Gasteiger partial charge in [-0.2, -0.15) is 5.10 Å². The first-order chi connectivity index (χ1) is 12.8. The first-order valence-corrected chi connectivity index (χ1v) is 8.25. The number of rotatable bonds is 3. The Morgan fingerprint density at radius 3 is 2.92 bits per heavy atom. The van der Waals surface area contributed by atoms with Gasteiger partial charge in [-0.05, 0) is 23.8 Å². The molecule has 7 nitrogen and oxygen atoms in total. The molecule has 2 aromatic carbocycles. The van der Waals surface area contributed by atoms with Crippen molar-refractivity contribution in [2.24, 2.45) is 0 Å². The molecule has 1 atom stereocenters. The van der Waals surface area contributed by atoms with Crippen molar-refractivity contribution in [1.29, 1.82) is 0 Å². The Balaban J connectivity index is 1.41. The number of carbonyl (C=O) groups is 1. The van der Waals surface area contributed by atoms with Gasteiger partial charge in [-0.1, -0.05) is 24.3 Å². The maximum atomic E-state index is 12.8. The van der Waals surface area contributed by atoms with Gasteiger partial charge in [0.15, 0.2) is 11.5 Å².